The molecule has 1 saturated carbocycles. The van der Waals surface area contributed by atoms with Crippen LogP contribution in [0.2, 0.25) is 0 Å². The first-order valence-corrected chi connectivity index (χ1v) is 11.7. The van der Waals surface area contributed by atoms with Gasteiger partial charge in [0.25, 0.3) is 6.29 Å². The molecule has 0 spiro atoms. The van der Waals surface area contributed by atoms with E-state index in [1.165, 1.54) is 0 Å². The summed E-state index contributed by atoms with van der Waals surface area (Å²) in [6.45, 7) is 6.92. The molecule has 0 aliphatic heterocycles. The molecule has 1 fully saturated rings. The Balaban J connectivity index is 2.38. The van der Waals surface area contributed by atoms with Gasteiger partial charge in [0, 0.05) is 12.1 Å². The van der Waals surface area contributed by atoms with Crippen LogP contribution >= 0.6 is 8.03 Å². The third kappa shape index (κ3) is 9.89. The second kappa shape index (κ2) is 12.5. The molecule has 0 saturated heterocycles. The van der Waals surface area contributed by atoms with Crippen molar-refractivity contribution in [2.75, 3.05) is 6.16 Å². The van der Waals surface area contributed by atoms with E-state index in [1.807, 2.05) is 0 Å². The quantitative estimate of drug-likeness (QED) is 0.281. The molecule has 0 aromatic heterocycles. The van der Waals surface area contributed by atoms with Gasteiger partial charge in [0.2, 0.25) is 0 Å². The van der Waals surface area contributed by atoms with Crippen molar-refractivity contribution in [1.82, 2.24) is 5.32 Å². The highest BCUT2D eigenvalue weighted by atomic mass is 31.1. The first-order valence-electron chi connectivity index (χ1n) is 10.2. The summed E-state index contributed by atoms with van der Waals surface area (Å²) in [4.78, 5) is 32.8. The highest BCUT2D eigenvalue weighted by Gasteiger charge is 2.26. The van der Waals surface area contributed by atoms with E-state index in [0.717, 1.165) is 32.1 Å². The van der Waals surface area contributed by atoms with Gasteiger partial charge in [0.05, 0.1) is 5.92 Å². The number of carbonyl (C=O) groups excluding carboxylic acids is 2. The van der Waals surface area contributed by atoms with Gasteiger partial charge in [-0.2, -0.15) is 0 Å². The topological polar surface area (TPSA) is 122 Å². The maximum atomic E-state index is 12.0. The molecule has 1 aliphatic carbocycles. The monoisotopic (exact) mass is 421 g/mol. The number of carbonyl (C=O) groups is 2. The highest BCUT2D eigenvalue weighted by molar-refractivity contribution is 7.38. The average molecular weight is 421 g/mol. The summed E-state index contributed by atoms with van der Waals surface area (Å²) in [7, 11) is -2.44. The van der Waals surface area contributed by atoms with E-state index in [0.29, 0.717) is 18.5 Å². The van der Waals surface area contributed by atoms with Crippen molar-refractivity contribution in [3.05, 3.63) is 0 Å². The van der Waals surface area contributed by atoms with Crippen molar-refractivity contribution >= 4 is 20.1 Å². The number of alkyl carbamates (subject to hydrolysis) is 1. The van der Waals surface area contributed by atoms with Gasteiger partial charge in [-0.05, 0) is 37.5 Å². The minimum absolute atomic E-state index is 0.219. The number of esters is 1. The molecule has 4 unspecified atom stereocenters. The Morgan fingerprint density at radius 3 is 2.36 bits per heavy atom. The zero-order valence-electron chi connectivity index (χ0n) is 17.3. The van der Waals surface area contributed by atoms with Crippen LogP contribution in [0.5, 0.6) is 0 Å². The van der Waals surface area contributed by atoms with Crippen LogP contribution in [-0.4, -0.2) is 40.7 Å². The number of ether oxygens (including phenoxy) is 2. The Labute approximate surface area is 168 Å². The van der Waals surface area contributed by atoms with Crippen molar-refractivity contribution in [3.8, 4) is 0 Å². The predicted molar refractivity (Wildman–Crippen MR) is 106 cm³/mol. The molecule has 5 atom stereocenters. The number of hydrogen-bond donors (Lipinski definition) is 3. The van der Waals surface area contributed by atoms with Crippen molar-refractivity contribution in [2.24, 2.45) is 23.7 Å². The van der Waals surface area contributed by atoms with Crippen LogP contribution in [0, 0.1) is 23.7 Å². The van der Waals surface area contributed by atoms with Gasteiger partial charge in [-0.25, -0.2) is 4.79 Å². The fourth-order valence-corrected chi connectivity index (χ4v) is 4.25. The summed E-state index contributed by atoms with van der Waals surface area (Å²) in [5, 5.41) is 12.4. The first kappa shape index (κ1) is 24.9. The largest absolute Gasteiger partial charge is 0.425 e. The van der Waals surface area contributed by atoms with E-state index in [2.05, 4.69) is 5.32 Å². The predicted octanol–water partition coefficient (Wildman–Crippen LogP) is 3.27. The number of nitrogens with one attached hydrogen (secondary N) is 1. The van der Waals surface area contributed by atoms with Gasteiger partial charge in [-0.15, -0.1) is 0 Å². The lowest BCUT2D eigenvalue weighted by molar-refractivity contribution is -0.179. The maximum absolute atomic E-state index is 12.0. The van der Waals surface area contributed by atoms with E-state index in [9.17, 15) is 19.3 Å². The van der Waals surface area contributed by atoms with E-state index >= 15 is 0 Å². The molecule has 0 aromatic rings. The number of aliphatic hydroxyl groups excluding tert-OH is 1. The fourth-order valence-electron chi connectivity index (χ4n) is 3.38. The summed E-state index contributed by atoms with van der Waals surface area (Å²) in [5.74, 6) is -0.355. The minimum atomic E-state index is -2.44. The van der Waals surface area contributed by atoms with Crippen molar-refractivity contribution in [2.45, 2.75) is 78.7 Å². The van der Waals surface area contributed by atoms with Crippen molar-refractivity contribution in [3.63, 3.8) is 0 Å². The zero-order valence-corrected chi connectivity index (χ0v) is 18.3. The van der Waals surface area contributed by atoms with Crippen molar-refractivity contribution < 1.29 is 33.6 Å². The molecule has 1 rings (SSSR count). The van der Waals surface area contributed by atoms with Gasteiger partial charge in [-0.1, -0.05) is 40.5 Å². The lowest BCUT2D eigenvalue weighted by atomic mass is 9.80. The Kier molecular flexibility index (Phi) is 11.1. The average Bonchev–Trinajstić information content (AvgIpc) is 2.58. The molecule has 164 valence electrons. The van der Waals surface area contributed by atoms with Crippen LogP contribution in [0.15, 0.2) is 0 Å². The summed E-state index contributed by atoms with van der Waals surface area (Å²) in [6, 6.07) is 0. The van der Waals surface area contributed by atoms with Crippen LogP contribution < -0.4 is 5.32 Å². The minimum Gasteiger partial charge on any atom is -0.425 e. The van der Waals surface area contributed by atoms with Gasteiger partial charge in [0.15, 0.2) is 8.03 Å². The molecule has 0 radical (unpaired) electrons. The second-order valence-corrected chi connectivity index (χ2v) is 9.54. The third-order valence-corrected chi connectivity index (χ3v) is 5.89. The zero-order chi connectivity index (χ0) is 21.3. The lowest BCUT2D eigenvalue weighted by Crippen LogP contribution is -2.40. The molecular formula is C19H36NO7P. The SMILES string of the molecule is CC(C)C(=O)O[C@@H](OC(=O)NC(O)CCC1CCCC(C[PH](=O)O)C1)C(C)C. The Hall–Kier alpha value is -1.11. The Morgan fingerprint density at radius 1 is 1.14 bits per heavy atom. The molecule has 1 aliphatic rings. The smallest absolute Gasteiger partial charge is 0.412 e. The lowest BCUT2D eigenvalue weighted by Gasteiger charge is -2.29. The van der Waals surface area contributed by atoms with E-state index in [-0.39, 0.29) is 17.8 Å². The molecule has 28 heavy (non-hydrogen) atoms. The molecule has 0 aromatic carbocycles. The van der Waals surface area contributed by atoms with Crippen LogP contribution in [0.3, 0.4) is 0 Å². The van der Waals surface area contributed by atoms with E-state index < -0.39 is 32.6 Å². The second-order valence-electron chi connectivity index (χ2n) is 8.34. The summed E-state index contributed by atoms with van der Waals surface area (Å²) >= 11 is 0. The third-order valence-electron chi connectivity index (χ3n) is 4.96. The molecular weight excluding hydrogens is 385 g/mol. The van der Waals surface area contributed by atoms with Crippen LogP contribution in [0.4, 0.5) is 4.79 Å². The standard InChI is InChI=1S/C19H36NO7P/c1-12(2)17(22)26-18(13(3)4)27-19(23)20-16(21)9-8-14-6-5-7-15(10-14)11-28(24)25/h12-16,18,21,28H,5-11H2,1-4H3,(H,20,23)(H,24,25)/t14?,15?,16?,18-/m0/s1. The molecule has 1 amide bonds. The van der Waals surface area contributed by atoms with E-state index in [4.69, 9.17) is 14.4 Å². The number of aliphatic hydroxyl groups is 1. The number of hydrogen-bond acceptors (Lipinski definition) is 6. The number of rotatable bonds is 10. The van der Waals surface area contributed by atoms with Gasteiger partial charge in [0.1, 0.15) is 6.23 Å². The fraction of sp³-hybridized carbons (Fsp3) is 0.895. The Bertz CT molecular complexity index is 526. The molecule has 3 N–H and O–H groups in total. The first-order chi connectivity index (χ1) is 13.1. The molecule has 9 heteroatoms. The number of amides is 1. The summed E-state index contributed by atoms with van der Waals surface area (Å²) < 4.78 is 21.4. The van der Waals surface area contributed by atoms with Crippen LogP contribution in [0.25, 0.3) is 0 Å². The van der Waals surface area contributed by atoms with Gasteiger partial charge < -0.3 is 19.5 Å². The Morgan fingerprint density at radius 2 is 1.79 bits per heavy atom. The molecule has 0 heterocycles. The normalized spacial score (nSPS) is 23.1. The maximum Gasteiger partial charge on any atom is 0.412 e. The van der Waals surface area contributed by atoms with Crippen molar-refractivity contribution in [1.29, 1.82) is 0 Å². The highest BCUT2D eigenvalue weighted by Crippen LogP contribution is 2.35. The van der Waals surface area contributed by atoms with Gasteiger partial charge in [-0.3, -0.25) is 14.7 Å². The summed E-state index contributed by atoms with van der Waals surface area (Å²) in [6.07, 6.45) is 2.48. The van der Waals surface area contributed by atoms with Gasteiger partial charge >= 0.3 is 12.1 Å². The summed E-state index contributed by atoms with van der Waals surface area (Å²) in [5.41, 5.74) is 0. The van der Waals surface area contributed by atoms with E-state index in [1.54, 1.807) is 27.7 Å². The molecule has 8 nitrogen and oxygen atoms in total. The van der Waals surface area contributed by atoms with Crippen LogP contribution in [-0.2, 0) is 18.8 Å². The van der Waals surface area contributed by atoms with Crippen LogP contribution in [0.1, 0.15) is 66.2 Å². The molecule has 0 bridgehead atoms.